The molecule has 0 saturated carbocycles. The molecule has 1 N–H and O–H groups in total. The molecular weight excluding hydrogens is 282 g/mol. The Morgan fingerprint density at radius 2 is 2.05 bits per heavy atom. The number of ether oxygens (including phenoxy) is 2. The summed E-state index contributed by atoms with van der Waals surface area (Å²) < 4.78 is 10.6. The molecule has 2 aromatic carbocycles. The van der Waals surface area contributed by atoms with Gasteiger partial charge in [-0.15, -0.1) is 0 Å². The second-order valence-electron chi connectivity index (χ2n) is 5.04. The number of H-pyrrole nitrogens is 1. The first-order valence-corrected chi connectivity index (χ1v) is 6.83. The van der Waals surface area contributed by atoms with Crippen LogP contribution in [0.2, 0.25) is 0 Å². The van der Waals surface area contributed by atoms with Gasteiger partial charge in [-0.1, -0.05) is 0 Å². The molecule has 6 nitrogen and oxygen atoms in total. The number of benzene rings is 2. The van der Waals surface area contributed by atoms with Crippen LogP contribution in [0.5, 0.6) is 11.5 Å². The summed E-state index contributed by atoms with van der Waals surface area (Å²) in [5, 5.41) is 0. The number of carbonyl (C=O) groups is 1. The molecule has 6 heteroatoms. The number of aromatic nitrogens is 2. The molecule has 4 rings (SSSR count). The van der Waals surface area contributed by atoms with E-state index >= 15 is 0 Å². The summed E-state index contributed by atoms with van der Waals surface area (Å²) >= 11 is 0. The summed E-state index contributed by atoms with van der Waals surface area (Å²) in [6, 6.07) is 10.8. The summed E-state index contributed by atoms with van der Waals surface area (Å²) in [7, 11) is 1.73. The van der Waals surface area contributed by atoms with Gasteiger partial charge in [-0.25, -0.2) is 4.98 Å². The molecule has 0 saturated heterocycles. The van der Waals surface area contributed by atoms with Crippen LogP contribution >= 0.6 is 0 Å². The number of fused-ring (bicyclic) bond motifs is 2. The van der Waals surface area contributed by atoms with Crippen molar-refractivity contribution < 1.29 is 14.3 Å². The van der Waals surface area contributed by atoms with Gasteiger partial charge in [0.25, 0.3) is 5.91 Å². The van der Waals surface area contributed by atoms with Gasteiger partial charge in [0.2, 0.25) is 6.79 Å². The van der Waals surface area contributed by atoms with Crippen LogP contribution in [0.1, 0.15) is 10.4 Å². The predicted molar refractivity (Wildman–Crippen MR) is 81.4 cm³/mol. The first kappa shape index (κ1) is 12.7. The van der Waals surface area contributed by atoms with Crippen molar-refractivity contribution in [3.8, 4) is 11.5 Å². The van der Waals surface area contributed by atoms with Gasteiger partial charge in [0.1, 0.15) is 0 Å². The highest BCUT2D eigenvalue weighted by Crippen LogP contribution is 2.35. The van der Waals surface area contributed by atoms with Crippen molar-refractivity contribution in [3.05, 3.63) is 48.3 Å². The van der Waals surface area contributed by atoms with E-state index in [9.17, 15) is 4.79 Å². The molecular formula is C16H13N3O3. The lowest BCUT2D eigenvalue weighted by Gasteiger charge is -2.17. The van der Waals surface area contributed by atoms with Crippen LogP contribution in [-0.2, 0) is 0 Å². The smallest absolute Gasteiger partial charge is 0.258 e. The predicted octanol–water partition coefficient (Wildman–Crippen LogP) is 2.57. The number of carbonyl (C=O) groups excluding carboxylic acids is 1. The van der Waals surface area contributed by atoms with Crippen LogP contribution < -0.4 is 14.4 Å². The summed E-state index contributed by atoms with van der Waals surface area (Å²) in [5.74, 6) is 1.25. The Labute approximate surface area is 126 Å². The average Bonchev–Trinajstić information content (AvgIpc) is 3.20. The minimum absolute atomic E-state index is 0.102. The van der Waals surface area contributed by atoms with Crippen molar-refractivity contribution in [2.24, 2.45) is 0 Å². The van der Waals surface area contributed by atoms with Crippen molar-refractivity contribution in [2.75, 3.05) is 18.7 Å². The van der Waals surface area contributed by atoms with Crippen molar-refractivity contribution in [2.45, 2.75) is 0 Å². The van der Waals surface area contributed by atoms with E-state index in [1.807, 2.05) is 12.1 Å². The number of hydrogen-bond acceptors (Lipinski definition) is 4. The molecule has 22 heavy (non-hydrogen) atoms. The van der Waals surface area contributed by atoms with Crippen LogP contribution in [-0.4, -0.2) is 29.7 Å². The fourth-order valence-electron chi connectivity index (χ4n) is 2.47. The van der Waals surface area contributed by atoms with E-state index in [0.29, 0.717) is 17.1 Å². The molecule has 110 valence electrons. The van der Waals surface area contributed by atoms with Crippen molar-refractivity contribution in [1.82, 2.24) is 9.97 Å². The molecule has 1 aliphatic heterocycles. The normalized spacial score (nSPS) is 12.6. The van der Waals surface area contributed by atoms with Gasteiger partial charge in [-0.3, -0.25) is 4.79 Å². The standard InChI is InChI=1S/C16H13N3O3/c1-19(11-3-5-14-15(7-11)22-9-21-14)16(20)10-2-4-12-13(6-10)18-8-17-12/h2-8H,9H2,1H3,(H,17,18). The molecule has 1 amide bonds. The van der Waals surface area contributed by atoms with E-state index in [1.54, 1.807) is 42.5 Å². The highest BCUT2D eigenvalue weighted by molar-refractivity contribution is 6.07. The Hall–Kier alpha value is -3.02. The molecule has 0 bridgehead atoms. The molecule has 0 radical (unpaired) electrons. The molecule has 1 aliphatic rings. The number of rotatable bonds is 2. The highest BCUT2D eigenvalue weighted by Gasteiger charge is 2.18. The van der Waals surface area contributed by atoms with Gasteiger partial charge in [0, 0.05) is 24.4 Å². The highest BCUT2D eigenvalue weighted by atomic mass is 16.7. The Balaban J connectivity index is 1.66. The van der Waals surface area contributed by atoms with Crippen molar-refractivity contribution in [3.63, 3.8) is 0 Å². The molecule has 0 atom stereocenters. The molecule has 0 unspecified atom stereocenters. The zero-order valence-electron chi connectivity index (χ0n) is 11.9. The number of amides is 1. The lowest BCUT2D eigenvalue weighted by molar-refractivity contribution is 0.0993. The van der Waals surface area contributed by atoms with Gasteiger partial charge in [-0.2, -0.15) is 0 Å². The minimum Gasteiger partial charge on any atom is -0.454 e. The van der Waals surface area contributed by atoms with Crippen LogP contribution in [0.15, 0.2) is 42.7 Å². The van der Waals surface area contributed by atoms with Crippen LogP contribution in [0.25, 0.3) is 11.0 Å². The topological polar surface area (TPSA) is 67.5 Å². The summed E-state index contributed by atoms with van der Waals surface area (Å²) in [6.07, 6.45) is 1.61. The number of aromatic amines is 1. The molecule has 0 spiro atoms. The number of imidazole rings is 1. The monoisotopic (exact) mass is 295 g/mol. The van der Waals surface area contributed by atoms with E-state index in [1.165, 1.54) is 0 Å². The van der Waals surface area contributed by atoms with E-state index in [4.69, 9.17) is 9.47 Å². The van der Waals surface area contributed by atoms with Gasteiger partial charge in [0.15, 0.2) is 11.5 Å². The number of hydrogen-bond donors (Lipinski definition) is 1. The number of nitrogens with zero attached hydrogens (tertiary/aromatic N) is 2. The lowest BCUT2D eigenvalue weighted by atomic mass is 10.1. The Kier molecular flexibility index (Phi) is 2.75. The SMILES string of the molecule is CN(C(=O)c1ccc2nc[nH]c2c1)c1ccc2c(c1)OCO2. The van der Waals surface area contributed by atoms with E-state index in [-0.39, 0.29) is 12.7 Å². The third-order valence-corrected chi connectivity index (χ3v) is 3.72. The Morgan fingerprint density at radius 3 is 2.95 bits per heavy atom. The third kappa shape index (κ3) is 1.96. The van der Waals surface area contributed by atoms with E-state index < -0.39 is 0 Å². The fraction of sp³-hybridized carbons (Fsp3) is 0.125. The van der Waals surface area contributed by atoms with Gasteiger partial charge in [-0.05, 0) is 30.3 Å². The zero-order chi connectivity index (χ0) is 15.1. The maximum atomic E-state index is 12.6. The first-order chi connectivity index (χ1) is 10.7. The molecule has 1 aromatic heterocycles. The molecule has 0 aliphatic carbocycles. The van der Waals surface area contributed by atoms with E-state index in [0.717, 1.165) is 16.7 Å². The molecule has 0 fully saturated rings. The van der Waals surface area contributed by atoms with Gasteiger partial charge < -0.3 is 19.4 Å². The molecule has 3 aromatic rings. The molecule has 2 heterocycles. The number of anilines is 1. The Morgan fingerprint density at radius 1 is 1.18 bits per heavy atom. The summed E-state index contributed by atoms with van der Waals surface area (Å²) in [5.41, 5.74) is 3.02. The van der Waals surface area contributed by atoms with Crippen molar-refractivity contribution in [1.29, 1.82) is 0 Å². The maximum Gasteiger partial charge on any atom is 0.258 e. The maximum absolute atomic E-state index is 12.6. The summed E-state index contributed by atoms with van der Waals surface area (Å²) in [4.78, 5) is 21.4. The lowest BCUT2D eigenvalue weighted by Crippen LogP contribution is -2.26. The average molecular weight is 295 g/mol. The fourth-order valence-corrected chi connectivity index (χ4v) is 2.47. The second-order valence-corrected chi connectivity index (χ2v) is 5.04. The minimum atomic E-state index is -0.102. The quantitative estimate of drug-likeness (QED) is 0.789. The Bertz CT molecular complexity index is 872. The largest absolute Gasteiger partial charge is 0.454 e. The van der Waals surface area contributed by atoms with Crippen LogP contribution in [0.4, 0.5) is 5.69 Å². The zero-order valence-corrected chi connectivity index (χ0v) is 11.9. The van der Waals surface area contributed by atoms with Gasteiger partial charge >= 0.3 is 0 Å². The summed E-state index contributed by atoms with van der Waals surface area (Å²) in [6.45, 7) is 0.215. The van der Waals surface area contributed by atoms with Crippen LogP contribution in [0, 0.1) is 0 Å². The third-order valence-electron chi connectivity index (χ3n) is 3.72. The van der Waals surface area contributed by atoms with E-state index in [2.05, 4.69) is 9.97 Å². The first-order valence-electron chi connectivity index (χ1n) is 6.83. The van der Waals surface area contributed by atoms with Crippen molar-refractivity contribution >= 4 is 22.6 Å². The number of nitrogens with one attached hydrogen (secondary N) is 1. The van der Waals surface area contributed by atoms with Gasteiger partial charge in [0.05, 0.1) is 17.4 Å². The second kappa shape index (κ2) is 4.77. The van der Waals surface area contributed by atoms with Crippen LogP contribution in [0.3, 0.4) is 0 Å².